The number of sulfonamides is 1. The van der Waals surface area contributed by atoms with Crippen LogP contribution in [0.15, 0.2) is 40.6 Å². The molecule has 0 fully saturated rings. The van der Waals surface area contributed by atoms with Crippen LogP contribution in [0.4, 0.5) is 0 Å². The van der Waals surface area contributed by atoms with Gasteiger partial charge in [0.2, 0.25) is 10.0 Å². The standard InChI is InChI=1S/C17H18N2O7S2/c1-10(20)26-15-14(17(21)18-22)19(9-11-7-8-27-16(11)15)28(23,24)13-5-3-12(25-2)4-6-13/h3-8,14-15,22H,9H2,1-2H3,(H,18,21). The molecule has 2 atom stereocenters. The Kier molecular flexibility index (Phi) is 5.70. The van der Waals surface area contributed by atoms with Gasteiger partial charge < -0.3 is 9.47 Å². The molecule has 0 saturated heterocycles. The van der Waals surface area contributed by atoms with E-state index >= 15 is 0 Å². The summed E-state index contributed by atoms with van der Waals surface area (Å²) in [4.78, 5) is 24.5. The number of nitrogens with zero attached hydrogens (tertiary/aromatic N) is 1. The summed E-state index contributed by atoms with van der Waals surface area (Å²) in [5, 5.41) is 10.9. The summed E-state index contributed by atoms with van der Waals surface area (Å²) in [6, 6.07) is 5.92. The topological polar surface area (TPSA) is 122 Å². The fraction of sp³-hybridized carbons (Fsp3) is 0.294. The van der Waals surface area contributed by atoms with Crippen molar-refractivity contribution in [2.24, 2.45) is 0 Å². The van der Waals surface area contributed by atoms with Gasteiger partial charge in [0.15, 0.2) is 6.10 Å². The number of carbonyl (C=O) groups is 2. The van der Waals surface area contributed by atoms with Gasteiger partial charge in [-0.15, -0.1) is 11.3 Å². The number of rotatable bonds is 5. The quantitative estimate of drug-likeness (QED) is 0.421. The summed E-state index contributed by atoms with van der Waals surface area (Å²) in [7, 11) is -2.71. The van der Waals surface area contributed by atoms with Crippen molar-refractivity contribution < 1.29 is 32.7 Å². The first-order chi connectivity index (χ1) is 13.3. The maximum absolute atomic E-state index is 13.3. The molecule has 3 rings (SSSR count). The van der Waals surface area contributed by atoms with E-state index in [1.165, 1.54) is 48.2 Å². The van der Waals surface area contributed by atoms with Crippen LogP contribution >= 0.6 is 11.3 Å². The Hall–Kier alpha value is -2.47. The summed E-state index contributed by atoms with van der Waals surface area (Å²) in [6.07, 6.45) is -1.18. The fourth-order valence-corrected chi connectivity index (χ4v) is 5.58. The summed E-state index contributed by atoms with van der Waals surface area (Å²) in [6.45, 7) is 1.06. The highest BCUT2D eigenvalue weighted by Gasteiger charge is 2.48. The monoisotopic (exact) mass is 426 g/mol. The Labute approximate surface area is 165 Å². The normalized spacial score (nSPS) is 19.5. The van der Waals surface area contributed by atoms with Gasteiger partial charge >= 0.3 is 5.97 Å². The third-order valence-electron chi connectivity index (χ3n) is 4.30. The smallest absolute Gasteiger partial charge is 0.303 e. The number of hydrogen-bond acceptors (Lipinski definition) is 8. The van der Waals surface area contributed by atoms with E-state index < -0.39 is 34.0 Å². The van der Waals surface area contributed by atoms with E-state index in [-0.39, 0.29) is 11.4 Å². The van der Waals surface area contributed by atoms with Gasteiger partial charge in [-0.05, 0) is 41.3 Å². The molecular weight excluding hydrogens is 408 g/mol. The van der Waals surface area contributed by atoms with Gasteiger partial charge in [0, 0.05) is 13.5 Å². The molecule has 0 radical (unpaired) electrons. The molecular formula is C17H18N2O7S2. The van der Waals surface area contributed by atoms with E-state index in [0.29, 0.717) is 16.2 Å². The lowest BCUT2D eigenvalue weighted by atomic mass is 10.0. The molecule has 2 N–H and O–H groups in total. The van der Waals surface area contributed by atoms with Gasteiger partial charge in [-0.3, -0.25) is 14.8 Å². The zero-order valence-corrected chi connectivity index (χ0v) is 16.6. The molecule has 0 aliphatic carbocycles. The van der Waals surface area contributed by atoms with Crippen molar-refractivity contribution >= 4 is 33.2 Å². The molecule has 0 saturated carbocycles. The highest BCUT2D eigenvalue weighted by molar-refractivity contribution is 7.89. The number of carbonyl (C=O) groups excluding carboxylic acids is 2. The molecule has 1 aliphatic heterocycles. The number of benzene rings is 1. The number of fused-ring (bicyclic) bond motifs is 1. The van der Waals surface area contributed by atoms with Crippen LogP contribution in [0.25, 0.3) is 0 Å². The van der Waals surface area contributed by atoms with E-state index in [4.69, 9.17) is 9.47 Å². The van der Waals surface area contributed by atoms with Crippen LogP contribution in [-0.4, -0.2) is 43.0 Å². The SMILES string of the molecule is COc1ccc(S(=O)(=O)N2Cc3ccsc3C(OC(C)=O)C2C(=O)NO)cc1. The van der Waals surface area contributed by atoms with Gasteiger partial charge in [0.1, 0.15) is 11.8 Å². The van der Waals surface area contributed by atoms with Crippen molar-refractivity contribution in [2.45, 2.75) is 30.5 Å². The number of hydroxylamine groups is 1. The van der Waals surface area contributed by atoms with Crippen molar-refractivity contribution in [1.29, 1.82) is 0 Å². The number of methoxy groups -OCH3 is 1. The van der Waals surface area contributed by atoms with Crippen LogP contribution in [0.3, 0.4) is 0 Å². The average Bonchev–Trinajstić information content (AvgIpc) is 3.15. The minimum Gasteiger partial charge on any atom is -0.497 e. The number of esters is 1. The Morgan fingerprint density at radius 2 is 1.93 bits per heavy atom. The highest BCUT2D eigenvalue weighted by Crippen LogP contribution is 2.40. The molecule has 1 aromatic carbocycles. The largest absolute Gasteiger partial charge is 0.497 e. The number of hydrogen-bond donors (Lipinski definition) is 2. The second-order valence-electron chi connectivity index (χ2n) is 5.99. The zero-order valence-electron chi connectivity index (χ0n) is 15.0. The molecule has 2 heterocycles. The van der Waals surface area contributed by atoms with Crippen molar-refractivity contribution in [2.75, 3.05) is 7.11 Å². The number of thiophene rings is 1. The van der Waals surface area contributed by atoms with E-state index in [1.807, 2.05) is 0 Å². The Bertz CT molecular complexity index is 985. The first-order valence-corrected chi connectivity index (χ1v) is 10.4. The molecule has 11 heteroatoms. The van der Waals surface area contributed by atoms with Crippen molar-refractivity contribution in [3.05, 3.63) is 46.2 Å². The summed E-state index contributed by atoms with van der Waals surface area (Å²) in [5.41, 5.74) is 2.10. The third kappa shape index (κ3) is 3.61. The predicted octanol–water partition coefficient (Wildman–Crippen LogP) is 1.44. The summed E-state index contributed by atoms with van der Waals surface area (Å²) >= 11 is 1.24. The molecule has 0 bridgehead atoms. The van der Waals surface area contributed by atoms with Crippen LogP contribution in [0.2, 0.25) is 0 Å². The van der Waals surface area contributed by atoms with Crippen LogP contribution in [0.5, 0.6) is 5.75 Å². The van der Waals surface area contributed by atoms with Crippen LogP contribution in [0.1, 0.15) is 23.5 Å². The van der Waals surface area contributed by atoms with Crippen molar-refractivity contribution in [3.63, 3.8) is 0 Å². The molecule has 1 amide bonds. The fourth-order valence-electron chi connectivity index (χ4n) is 3.04. The minimum absolute atomic E-state index is 0.0655. The summed E-state index contributed by atoms with van der Waals surface area (Å²) in [5.74, 6) is -1.20. The van der Waals surface area contributed by atoms with Crippen molar-refractivity contribution in [3.8, 4) is 5.75 Å². The van der Waals surface area contributed by atoms with Gasteiger partial charge in [0.25, 0.3) is 5.91 Å². The molecule has 2 unspecified atom stereocenters. The molecule has 9 nitrogen and oxygen atoms in total. The van der Waals surface area contributed by atoms with Crippen molar-refractivity contribution in [1.82, 2.24) is 9.79 Å². The third-order valence-corrected chi connectivity index (χ3v) is 7.16. The molecule has 28 heavy (non-hydrogen) atoms. The minimum atomic E-state index is -4.16. The van der Waals surface area contributed by atoms with Crippen LogP contribution < -0.4 is 10.2 Å². The second kappa shape index (κ2) is 7.87. The number of nitrogens with one attached hydrogen (secondary N) is 1. The first kappa shape index (κ1) is 20.3. The van der Waals surface area contributed by atoms with E-state index in [0.717, 1.165) is 11.2 Å². The zero-order chi connectivity index (χ0) is 20.5. The maximum Gasteiger partial charge on any atom is 0.303 e. The predicted molar refractivity (Wildman–Crippen MR) is 98.3 cm³/mol. The Balaban J connectivity index is 2.11. The molecule has 2 aromatic rings. The van der Waals surface area contributed by atoms with Gasteiger partial charge in [-0.25, -0.2) is 13.9 Å². The average molecular weight is 426 g/mol. The lowest BCUT2D eigenvalue weighted by molar-refractivity contribution is -0.154. The Morgan fingerprint density at radius 3 is 2.50 bits per heavy atom. The highest BCUT2D eigenvalue weighted by atomic mass is 32.2. The lowest BCUT2D eigenvalue weighted by Gasteiger charge is -2.37. The molecule has 150 valence electrons. The van der Waals surface area contributed by atoms with Crippen LogP contribution in [-0.2, 0) is 30.9 Å². The molecule has 1 aliphatic rings. The molecule has 0 spiro atoms. The van der Waals surface area contributed by atoms with E-state index in [9.17, 15) is 23.2 Å². The Morgan fingerprint density at radius 1 is 1.25 bits per heavy atom. The van der Waals surface area contributed by atoms with Gasteiger partial charge in [-0.1, -0.05) is 0 Å². The van der Waals surface area contributed by atoms with Crippen LogP contribution in [0, 0.1) is 0 Å². The van der Waals surface area contributed by atoms with Gasteiger partial charge in [0.05, 0.1) is 16.9 Å². The van der Waals surface area contributed by atoms with Gasteiger partial charge in [-0.2, -0.15) is 4.31 Å². The number of amides is 1. The first-order valence-electron chi connectivity index (χ1n) is 8.13. The van der Waals surface area contributed by atoms with E-state index in [2.05, 4.69) is 0 Å². The maximum atomic E-state index is 13.3. The number of ether oxygens (including phenoxy) is 2. The summed E-state index contributed by atoms with van der Waals surface area (Å²) < 4.78 is 37.8. The molecule has 1 aromatic heterocycles. The van der Waals surface area contributed by atoms with E-state index in [1.54, 1.807) is 11.4 Å². The lowest BCUT2D eigenvalue weighted by Crippen LogP contribution is -2.54. The second-order valence-corrected chi connectivity index (χ2v) is 8.83.